The number of ether oxygens (including phenoxy) is 1. The average molecular weight is 406 g/mol. The lowest BCUT2D eigenvalue weighted by atomic mass is 9.71. The second kappa shape index (κ2) is 9.46. The van der Waals surface area contributed by atoms with Crippen molar-refractivity contribution in [3.05, 3.63) is 48.0 Å². The van der Waals surface area contributed by atoms with Crippen molar-refractivity contribution in [3.8, 4) is 0 Å². The topological polar surface area (TPSA) is 53.9 Å². The molecule has 154 valence electrons. The number of likely N-dealkylation sites (tertiary alicyclic amines) is 1. The van der Waals surface area contributed by atoms with E-state index in [1.807, 2.05) is 35.2 Å². The fourth-order valence-corrected chi connectivity index (χ4v) is 3.51. The molecule has 2 aliphatic rings. The number of piperidine rings is 1. The highest BCUT2D eigenvalue weighted by Gasteiger charge is 2.36. The molecule has 0 unspecified atom stereocenters. The zero-order valence-corrected chi connectivity index (χ0v) is 17.9. The number of carbonyl (C=O) groups excluding carboxylic acids is 1. The van der Waals surface area contributed by atoms with E-state index in [1.54, 1.807) is 0 Å². The molecule has 5 nitrogen and oxygen atoms in total. The molecule has 1 aromatic rings. The highest BCUT2D eigenvalue weighted by Crippen LogP contribution is 2.40. The Morgan fingerprint density at radius 1 is 1.18 bits per heavy atom. The first-order valence-corrected chi connectivity index (χ1v) is 9.84. The number of halogens is 1. The molecule has 1 saturated heterocycles. The lowest BCUT2D eigenvalue weighted by Gasteiger charge is -2.41. The largest absolute Gasteiger partial charge is 0.445 e. The summed E-state index contributed by atoms with van der Waals surface area (Å²) in [6.07, 6.45) is 8.33. The quantitative estimate of drug-likeness (QED) is 0.726. The van der Waals surface area contributed by atoms with Crippen molar-refractivity contribution < 1.29 is 9.53 Å². The van der Waals surface area contributed by atoms with Crippen LogP contribution in [0.1, 0.15) is 52.0 Å². The fourth-order valence-electron chi connectivity index (χ4n) is 3.51. The number of nitrogens with zero attached hydrogens (tertiary/aromatic N) is 2. The first-order valence-electron chi connectivity index (χ1n) is 9.84. The lowest BCUT2D eigenvalue weighted by molar-refractivity contribution is 0.0707. The standard InChI is InChI=1S/C22H31N3O2.ClH/c1-21(2,3)24-23-19-9-11-22(12-10-19)13-15-25(16-14-22)20(26)27-17-18-7-5-4-6-8-18;/h4-9,11,24H,10,12-17H2,1-3H3;1H/b23-19+;. The molecule has 1 aliphatic carbocycles. The van der Waals surface area contributed by atoms with Crippen LogP contribution >= 0.6 is 12.4 Å². The van der Waals surface area contributed by atoms with E-state index < -0.39 is 0 Å². The minimum absolute atomic E-state index is 0. The van der Waals surface area contributed by atoms with Crippen LogP contribution in [-0.4, -0.2) is 35.3 Å². The first-order chi connectivity index (χ1) is 12.9. The molecule has 0 radical (unpaired) electrons. The zero-order valence-electron chi connectivity index (χ0n) is 17.1. The predicted molar refractivity (Wildman–Crippen MR) is 116 cm³/mol. The Bertz CT molecular complexity index is 702. The Morgan fingerprint density at radius 2 is 1.86 bits per heavy atom. The van der Waals surface area contributed by atoms with Gasteiger partial charge in [0.15, 0.2) is 0 Å². The Labute approximate surface area is 174 Å². The first kappa shape index (κ1) is 22.3. The predicted octanol–water partition coefficient (Wildman–Crippen LogP) is 4.92. The van der Waals surface area contributed by atoms with E-state index in [-0.39, 0.29) is 29.5 Å². The number of hydrogen-bond donors (Lipinski definition) is 1. The number of allylic oxidation sites excluding steroid dienone is 2. The molecule has 0 saturated carbocycles. The van der Waals surface area contributed by atoms with E-state index >= 15 is 0 Å². The highest BCUT2D eigenvalue weighted by atomic mass is 35.5. The van der Waals surface area contributed by atoms with Crippen LogP contribution in [0.3, 0.4) is 0 Å². The minimum atomic E-state index is -0.204. The van der Waals surface area contributed by atoms with Gasteiger partial charge in [0, 0.05) is 18.6 Å². The number of carbonyl (C=O) groups is 1. The fraction of sp³-hybridized carbons (Fsp3) is 0.545. The molecular weight excluding hydrogens is 374 g/mol. The van der Waals surface area contributed by atoms with Gasteiger partial charge in [-0.2, -0.15) is 5.10 Å². The molecule has 28 heavy (non-hydrogen) atoms. The van der Waals surface area contributed by atoms with Crippen molar-refractivity contribution in [3.63, 3.8) is 0 Å². The smallest absolute Gasteiger partial charge is 0.410 e. The molecular formula is C22H32ClN3O2. The van der Waals surface area contributed by atoms with Gasteiger partial charge in [0.2, 0.25) is 0 Å². The van der Waals surface area contributed by atoms with Crippen LogP contribution in [0.25, 0.3) is 0 Å². The van der Waals surface area contributed by atoms with Gasteiger partial charge in [-0.25, -0.2) is 4.79 Å². The summed E-state index contributed by atoms with van der Waals surface area (Å²) in [6, 6.07) is 9.82. The molecule has 0 aromatic heterocycles. The Morgan fingerprint density at radius 3 is 2.43 bits per heavy atom. The van der Waals surface area contributed by atoms with E-state index in [2.05, 4.69) is 43.5 Å². The second-order valence-electron chi connectivity index (χ2n) is 8.69. The van der Waals surface area contributed by atoms with Gasteiger partial charge in [-0.15, -0.1) is 12.4 Å². The molecule has 1 aliphatic heterocycles. The number of nitrogens with one attached hydrogen (secondary N) is 1. The van der Waals surface area contributed by atoms with Crippen LogP contribution in [0.5, 0.6) is 0 Å². The second-order valence-corrected chi connectivity index (χ2v) is 8.69. The van der Waals surface area contributed by atoms with Gasteiger partial charge in [0.25, 0.3) is 0 Å². The average Bonchev–Trinajstić information content (AvgIpc) is 2.66. The summed E-state index contributed by atoms with van der Waals surface area (Å²) < 4.78 is 5.47. The number of amides is 1. The molecule has 1 heterocycles. The molecule has 0 atom stereocenters. The van der Waals surface area contributed by atoms with Crippen LogP contribution < -0.4 is 5.43 Å². The van der Waals surface area contributed by atoms with Crippen molar-refractivity contribution in [2.24, 2.45) is 10.5 Å². The molecule has 1 spiro atoms. The molecule has 1 N–H and O–H groups in total. The van der Waals surface area contributed by atoms with Crippen LogP contribution in [0.4, 0.5) is 4.79 Å². The van der Waals surface area contributed by atoms with Crippen LogP contribution in [0, 0.1) is 5.41 Å². The van der Waals surface area contributed by atoms with Gasteiger partial charge in [-0.1, -0.05) is 36.4 Å². The number of rotatable bonds is 3. The van der Waals surface area contributed by atoms with Crippen LogP contribution in [0.15, 0.2) is 47.6 Å². The van der Waals surface area contributed by atoms with Gasteiger partial charge < -0.3 is 15.1 Å². The minimum Gasteiger partial charge on any atom is -0.445 e. The Balaban J connectivity index is 0.00000280. The number of hydrazone groups is 1. The van der Waals surface area contributed by atoms with Gasteiger partial charge in [-0.05, 0) is 63.5 Å². The van der Waals surface area contributed by atoms with E-state index in [0.717, 1.165) is 50.0 Å². The monoisotopic (exact) mass is 405 g/mol. The highest BCUT2D eigenvalue weighted by molar-refractivity contribution is 5.95. The third-order valence-electron chi connectivity index (χ3n) is 5.27. The third kappa shape index (κ3) is 6.26. The third-order valence-corrected chi connectivity index (χ3v) is 5.27. The van der Waals surface area contributed by atoms with Crippen molar-refractivity contribution in [2.75, 3.05) is 13.1 Å². The Kier molecular flexibility index (Phi) is 7.53. The molecule has 1 aromatic carbocycles. The Hall–Kier alpha value is -2.01. The van der Waals surface area contributed by atoms with Gasteiger partial charge >= 0.3 is 6.09 Å². The van der Waals surface area contributed by atoms with Crippen molar-refractivity contribution >= 4 is 24.2 Å². The SMILES string of the molecule is CC(C)(C)N/N=C1\C=CC2(CC1)CCN(C(=O)OCc1ccccc1)CC2.Cl. The number of benzene rings is 1. The summed E-state index contributed by atoms with van der Waals surface area (Å²) in [5.41, 5.74) is 5.52. The maximum Gasteiger partial charge on any atom is 0.410 e. The van der Waals surface area contributed by atoms with E-state index in [9.17, 15) is 4.79 Å². The van der Waals surface area contributed by atoms with Gasteiger partial charge in [-0.3, -0.25) is 0 Å². The van der Waals surface area contributed by atoms with E-state index in [4.69, 9.17) is 4.74 Å². The summed E-state index contributed by atoms with van der Waals surface area (Å²) in [5.74, 6) is 0. The lowest BCUT2D eigenvalue weighted by Crippen LogP contribution is -2.43. The molecule has 1 fully saturated rings. The molecule has 3 rings (SSSR count). The summed E-state index contributed by atoms with van der Waals surface area (Å²) in [5, 5.41) is 4.52. The van der Waals surface area contributed by atoms with Crippen LogP contribution in [0.2, 0.25) is 0 Å². The summed E-state index contributed by atoms with van der Waals surface area (Å²) in [4.78, 5) is 14.2. The number of hydrogen-bond acceptors (Lipinski definition) is 4. The molecule has 0 bridgehead atoms. The van der Waals surface area contributed by atoms with Crippen molar-refractivity contribution in [1.29, 1.82) is 0 Å². The molecule has 1 amide bonds. The molecule has 6 heteroatoms. The van der Waals surface area contributed by atoms with Gasteiger partial charge in [0.05, 0.1) is 5.71 Å². The summed E-state index contributed by atoms with van der Waals surface area (Å²) in [6.45, 7) is 8.17. The van der Waals surface area contributed by atoms with Crippen LogP contribution in [-0.2, 0) is 11.3 Å². The van der Waals surface area contributed by atoms with E-state index in [1.165, 1.54) is 0 Å². The normalized spacial score (nSPS) is 20.0. The maximum absolute atomic E-state index is 12.3. The maximum atomic E-state index is 12.3. The summed E-state index contributed by atoms with van der Waals surface area (Å²) in [7, 11) is 0. The zero-order chi connectivity index (χ0) is 19.3. The summed E-state index contributed by atoms with van der Waals surface area (Å²) >= 11 is 0. The van der Waals surface area contributed by atoms with Crippen molar-refractivity contribution in [1.82, 2.24) is 10.3 Å². The van der Waals surface area contributed by atoms with Crippen molar-refractivity contribution in [2.45, 2.75) is 58.6 Å². The van der Waals surface area contributed by atoms with Gasteiger partial charge in [0.1, 0.15) is 6.61 Å². The van der Waals surface area contributed by atoms with E-state index in [0.29, 0.717) is 6.61 Å².